The van der Waals surface area contributed by atoms with Crippen LogP contribution >= 0.6 is 0 Å². The summed E-state index contributed by atoms with van der Waals surface area (Å²) in [4.78, 5) is 0. The van der Waals surface area contributed by atoms with E-state index in [-0.39, 0.29) is 12.1 Å². The average molecular weight is 221 g/mol. The summed E-state index contributed by atoms with van der Waals surface area (Å²) in [5.41, 5.74) is 1.21. The summed E-state index contributed by atoms with van der Waals surface area (Å²) in [7, 11) is 0. The van der Waals surface area contributed by atoms with Crippen molar-refractivity contribution in [3.05, 3.63) is 35.9 Å². The van der Waals surface area contributed by atoms with Crippen LogP contribution in [-0.4, -0.2) is 23.8 Å². The molecular formula is C14H23NO. The van der Waals surface area contributed by atoms with Gasteiger partial charge >= 0.3 is 0 Å². The number of nitrogens with one attached hydrogen (secondary N) is 1. The Hall–Kier alpha value is -0.860. The Morgan fingerprint density at radius 2 is 1.88 bits per heavy atom. The summed E-state index contributed by atoms with van der Waals surface area (Å²) in [5, 5.41) is 12.5. The first-order chi connectivity index (χ1) is 7.55. The van der Waals surface area contributed by atoms with E-state index in [1.165, 1.54) is 5.56 Å². The van der Waals surface area contributed by atoms with Gasteiger partial charge in [-0.15, -0.1) is 0 Å². The normalized spacial score (nSPS) is 13.8. The van der Waals surface area contributed by atoms with Gasteiger partial charge in [0.05, 0.1) is 6.61 Å². The third-order valence-corrected chi connectivity index (χ3v) is 2.94. The van der Waals surface area contributed by atoms with E-state index in [4.69, 9.17) is 5.11 Å². The van der Waals surface area contributed by atoms with Crippen LogP contribution in [0.15, 0.2) is 30.3 Å². The lowest BCUT2D eigenvalue weighted by atomic mass is 9.97. The minimum absolute atomic E-state index is 0.170. The zero-order valence-electron chi connectivity index (χ0n) is 10.5. The molecule has 1 atom stereocenters. The largest absolute Gasteiger partial charge is 0.394 e. The van der Waals surface area contributed by atoms with Crippen molar-refractivity contribution in [3.8, 4) is 0 Å². The molecule has 1 unspecified atom stereocenters. The second kappa shape index (κ2) is 6.02. The monoisotopic (exact) mass is 221 g/mol. The smallest absolute Gasteiger partial charge is 0.0607 e. The Labute approximate surface area is 98.7 Å². The summed E-state index contributed by atoms with van der Waals surface area (Å²) in [5.74, 6) is 0.559. The average Bonchev–Trinajstić information content (AvgIpc) is 2.30. The number of benzene rings is 1. The lowest BCUT2D eigenvalue weighted by Gasteiger charge is -2.24. The van der Waals surface area contributed by atoms with Gasteiger partial charge in [-0.1, -0.05) is 37.3 Å². The van der Waals surface area contributed by atoms with E-state index in [1.54, 1.807) is 0 Å². The van der Waals surface area contributed by atoms with Gasteiger partial charge in [0.2, 0.25) is 0 Å². The van der Waals surface area contributed by atoms with Crippen molar-refractivity contribution >= 4 is 0 Å². The summed E-state index contributed by atoms with van der Waals surface area (Å²) in [6.45, 7) is 7.37. The first-order valence-electron chi connectivity index (χ1n) is 5.96. The van der Waals surface area contributed by atoms with Crippen LogP contribution in [0.1, 0.15) is 38.7 Å². The Morgan fingerprint density at radius 1 is 1.25 bits per heavy atom. The molecule has 0 aliphatic heterocycles. The van der Waals surface area contributed by atoms with E-state index < -0.39 is 0 Å². The van der Waals surface area contributed by atoms with Crippen molar-refractivity contribution in [1.29, 1.82) is 0 Å². The Kier molecular flexibility index (Phi) is 4.97. The number of aliphatic hydroxyl groups excluding tert-OH is 1. The second-order valence-electron chi connectivity index (χ2n) is 5.07. The molecular weight excluding hydrogens is 198 g/mol. The highest BCUT2D eigenvalue weighted by Gasteiger charge is 2.15. The highest BCUT2D eigenvalue weighted by Crippen LogP contribution is 2.17. The van der Waals surface area contributed by atoms with Crippen LogP contribution in [0.2, 0.25) is 0 Å². The number of hydrogen-bond acceptors (Lipinski definition) is 2. The zero-order valence-corrected chi connectivity index (χ0v) is 10.5. The van der Waals surface area contributed by atoms with Gasteiger partial charge in [-0.3, -0.25) is 0 Å². The van der Waals surface area contributed by atoms with E-state index in [0.29, 0.717) is 5.92 Å². The molecule has 0 radical (unpaired) electrons. The number of hydrogen-bond donors (Lipinski definition) is 2. The third-order valence-electron chi connectivity index (χ3n) is 2.94. The predicted octanol–water partition coefficient (Wildman–Crippen LogP) is 2.54. The van der Waals surface area contributed by atoms with Crippen molar-refractivity contribution in [2.45, 2.75) is 38.6 Å². The molecule has 0 bridgehead atoms. The van der Waals surface area contributed by atoms with E-state index in [0.717, 1.165) is 13.0 Å². The highest BCUT2D eigenvalue weighted by molar-refractivity contribution is 5.18. The minimum Gasteiger partial charge on any atom is -0.394 e. The second-order valence-corrected chi connectivity index (χ2v) is 5.07. The van der Waals surface area contributed by atoms with E-state index in [9.17, 15) is 0 Å². The fourth-order valence-corrected chi connectivity index (χ4v) is 1.63. The Balaban J connectivity index is 2.34. The van der Waals surface area contributed by atoms with Crippen molar-refractivity contribution in [1.82, 2.24) is 5.32 Å². The van der Waals surface area contributed by atoms with Crippen molar-refractivity contribution in [2.75, 3.05) is 13.2 Å². The van der Waals surface area contributed by atoms with Crippen molar-refractivity contribution in [2.24, 2.45) is 0 Å². The molecule has 1 aromatic rings. The minimum atomic E-state index is -0.170. The fourth-order valence-electron chi connectivity index (χ4n) is 1.63. The van der Waals surface area contributed by atoms with E-state index >= 15 is 0 Å². The molecule has 2 nitrogen and oxygen atoms in total. The molecule has 0 saturated carbocycles. The van der Waals surface area contributed by atoms with Crippen molar-refractivity contribution < 1.29 is 5.11 Å². The van der Waals surface area contributed by atoms with Gasteiger partial charge in [0, 0.05) is 5.54 Å². The summed E-state index contributed by atoms with van der Waals surface area (Å²) in [6, 6.07) is 10.5. The Morgan fingerprint density at radius 3 is 2.44 bits per heavy atom. The van der Waals surface area contributed by atoms with Gasteiger partial charge in [0.1, 0.15) is 0 Å². The van der Waals surface area contributed by atoms with Crippen molar-refractivity contribution in [3.63, 3.8) is 0 Å². The Bertz CT molecular complexity index is 295. The number of rotatable bonds is 6. The lowest BCUT2D eigenvalue weighted by Crippen LogP contribution is -2.43. The van der Waals surface area contributed by atoms with Gasteiger partial charge < -0.3 is 10.4 Å². The SMILES string of the molecule is CC(CCNC(C)(C)CO)c1ccccc1. The maximum Gasteiger partial charge on any atom is 0.0607 e. The molecule has 0 fully saturated rings. The van der Waals surface area contributed by atoms with Crippen LogP contribution in [0.3, 0.4) is 0 Å². The molecule has 0 spiro atoms. The van der Waals surface area contributed by atoms with Crippen LogP contribution < -0.4 is 5.32 Å². The van der Waals surface area contributed by atoms with Gasteiger partial charge in [-0.25, -0.2) is 0 Å². The maximum atomic E-state index is 9.11. The van der Waals surface area contributed by atoms with E-state index in [2.05, 4.69) is 36.5 Å². The molecule has 0 amide bonds. The maximum absolute atomic E-state index is 9.11. The highest BCUT2D eigenvalue weighted by atomic mass is 16.3. The molecule has 16 heavy (non-hydrogen) atoms. The number of aliphatic hydroxyl groups is 1. The summed E-state index contributed by atoms with van der Waals surface area (Å²) >= 11 is 0. The molecule has 2 N–H and O–H groups in total. The van der Waals surface area contributed by atoms with Crippen LogP contribution in [0, 0.1) is 0 Å². The van der Waals surface area contributed by atoms with Gasteiger partial charge in [0.15, 0.2) is 0 Å². The van der Waals surface area contributed by atoms with Crippen LogP contribution in [0.4, 0.5) is 0 Å². The summed E-state index contributed by atoms with van der Waals surface area (Å²) < 4.78 is 0. The topological polar surface area (TPSA) is 32.3 Å². The molecule has 1 rings (SSSR count). The molecule has 0 aromatic heterocycles. The zero-order chi connectivity index (χ0) is 12.0. The van der Waals surface area contributed by atoms with Gasteiger partial charge in [-0.2, -0.15) is 0 Å². The molecule has 0 aliphatic carbocycles. The third kappa shape index (κ3) is 4.33. The molecule has 0 heterocycles. The molecule has 2 heteroatoms. The van der Waals surface area contributed by atoms with E-state index in [1.807, 2.05) is 19.9 Å². The van der Waals surface area contributed by atoms with Gasteiger partial charge in [-0.05, 0) is 38.3 Å². The molecule has 0 aliphatic rings. The molecule has 1 aromatic carbocycles. The van der Waals surface area contributed by atoms with Crippen LogP contribution in [0.25, 0.3) is 0 Å². The van der Waals surface area contributed by atoms with Crippen LogP contribution in [0.5, 0.6) is 0 Å². The first-order valence-corrected chi connectivity index (χ1v) is 5.96. The fraction of sp³-hybridized carbons (Fsp3) is 0.571. The van der Waals surface area contributed by atoms with Crippen LogP contribution in [-0.2, 0) is 0 Å². The molecule has 0 saturated heterocycles. The molecule has 90 valence electrons. The van der Waals surface area contributed by atoms with Gasteiger partial charge in [0.25, 0.3) is 0 Å². The lowest BCUT2D eigenvalue weighted by molar-refractivity contribution is 0.188. The summed E-state index contributed by atoms with van der Waals surface area (Å²) in [6.07, 6.45) is 1.09. The standard InChI is InChI=1S/C14H23NO/c1-12(13-7-5-4-6-8-13)9-10-15-14(2,3)11-16/h4-8,12,15-16H,9-11H2,1-3H3. The first kappa shape index (κ1) is 13.2. The quantitative estimate of drug-likeness (QED) is 0.773. The predicted molar refractivity (Wildman–Crippen MR) is 68.6 cm³/mol.